The Bertz CT molecular complexity index is 406. The molecule has 0 aromatic rings. The molecule has 140 valence electrons. The van der Waals surface area contributed by atoms with E-state index >= 15 is 0 Å². The molecular formula is C20H36O4. The fourth-order valence-electron chi connectivity index (χ4n) is 4.58. The van der Waals surface area contributed by atoms with Crippen LogP contribution in [0.25, 0.3) is 0 Å². The first-order valence-electron chi connectivity index (χ1n) is 9.93. The summed E-state index contributed by atoms with van der Waals surface area (Å²) in [5.41, 5.74) is -2.15. The Morgan fingerprint density at radius 1 is 0.708 bits per heavy atom. The van der Waals surface area contributed by atoms with Crippen LogP contribution in [-0.4, -0.2) is 22.2 Å². The van der Waals surface area contributed by atoms with Gasteiger partial charge in [-0.05, 0) is 25.7 Å². The first kappa shape index (κ1) is 21.0. The quantitative estimate of drug-likeness (QED) is 0.451. The molecule has 1 rings (SSSR count). The van der Waals surface area contributed by atoms with Crippen LogP contribution >= 0.6 is 0 Å². The van der Waals surface area contributed by atoms with Crippen molar-refractivity contribution in [2.45, 2.75) is 104 Å². The highest BCUT2D eigenvalue weighted by Crippen LogP contribution is 2.56. The van der Waals surface area contributed by atoms with E-state index in [0.717, 1.165) is 44.9 Å². The number of carboxylic acids is 2. The molecule has 2 unspecified atom stereocenters. The van der Waals surface area contributed by atoms with Crippen LogP contribution in [0.2, 0.25) is 0 Å². The molecular weight excluding hydrogens is 304 g/mol. The van der Waals surface area contributed by atoms with Crippen LogP contribution in [0.15, 0.2) is 0 Å². The van der Waals surface area contributed by atoms with Gasteiger partial charge >= 0.3 is 11.9 Å². The summed E-state index contributed by atoms with van der Waals surface area (Å²) >= 11 is 0. The summed E-state index contributed by atoms with van der Waals surface area (Å²) in [6.45, 7) is 4.21. The first-order valence-corrected chi connectivity index (χ1v) is 9.93. The summed E-state index contributed by atoms with van der Waals surface area (Å²) in [6.07, 6.45) is 12.0. The topological polar surface area (TPSA) is 74.6 Å². The van der Waals surface area contributed by atoms with E-state index in [9.17, 15) is 19.8 Å². The normalized spacial score (nSPS) is 27.1. The maximum Gasteiger partial charge on any atom is 0.310 e. The lowest BCUT2D eigenvalue weighted by atomic mass is 9.52. The third-order valence-corrected chi connectivity index (χ3v) is 6.11. The Morgan fingerprint density at radius 2 is 1.12 bits per heavy atom. The van der Waals surface area contributed by atoms with E-state index in [-0.39, 0.29) is 0 Å². The van der Waals surface area contributed by atoms with E-state index in [0.29, 0.717) is 25.7 Å². The maximum atomic E-state index is 12.3. The summed E-state index contributed by atoms with van der Waals surface area (Å²) in [4.78, 5) is 24.5. The van der Waals surface area contributed by atoms with Gasteiger partial charge in [0.25, 0.3) is 0 Å². The fourth-order valence-corrected chi connectivity index (χ4v) is 4.58. The lowest BCUT2D eigenvalue weighted by molar-refractivity contribution is -0.182. The van der Waals surface area contributed by atoms with Gasteiger partial charge in [-0.15, -0.1) is 0 Å². The van der Waals surface area contributed by atoms with E-state index in [1.54, 1.807) is 0 Å². The second-order valence-corrected chi connectivity index (χ2v) is 7.60. The lowest BCUT2D eigenvalue weighted by Gasteiger charge is -2.48. The highest BCUT2D eigenvalue weighted by molar-refractivity contribution is 5.87. The Hall–Kier alpha value is -1.06. The highest BCUT2D eigenvalue weighted by Gasteiger charge is 2.61. The van der Waals surface area contributed by atoms with Crippen molar-refractivity contribution in [2.75, 3.05) is 0 Å². The summed E-state index contributed by atoms with van der Waals surface area (Å²) < 4.78 is 0. The molecule has 24 heavy (non-hydrogen) atoms. The van der Waals surface area contributed by atoms with Crippen molar-refractivity contribution in [2.24, 2.45) is 10.8 Å². The number of aliphatic carboxylic acids is 2. The van der Waals surface area contributed by atoms with Crippen molar-refractivity contribution in [3.05, 3.63) is 0 Å². The monoisotopic (exact) mass is 340 g/mol. The van der Waals surface area contributed by atoms with Crippen molar-refractivity contribution in [1.82, 2.24) is 0 Å². The van der Waals surface area contributed by atoms with E-state index in [1.165, 1.54) is 19.3 Å². The molecule has 0 aliphatic heterocycles. The molecule has 0 aromatic carbocycles. The van der Waals surface area contributed by atoms with Gasteiger partial charge in [-0.1, -0.05) is 78.1 Å². The summed E-state index contributed by atoms with van der Waals surface area (Å²) in [5.74, 6) is -1.77. The van der Waals surface area contributed by atoms with Crippen LogP contribution in [-0.2, 0) is 9.59 Å². The fraction of sp³-hybridized carbons (Fsp3) is 0.900. The average molecular weight is 341 g/mol. The third kappa shape index (κ3) is 4.52. The van der Waals surface area contributed by atoms with Gasteiger partial charge in [-0.25, -0.2) is 0 Å². The Kier molecular flexibility index (Phi) is 8.79. The Labute approximate surface area is 147 Å². The van der Waals surface area contributed by atoms with Crippen LogP contribution in [0.4, 0.5) is 0 Å². The van der Waals surface area contributed by atoms with Crippen molar-refractivity contribution >= 4 is 11.9 Å². The van der Waals surface area contributed by atoms with Crippen molar-refractivity contribution in [3.8, 4) is 0 Å². The Morgan fingerprint density at radius 3 is 1.58 bits per heavy atom. The molecule has 1 fully saturated rings. The number of carbonyl (C=O) groups is 2. The van der Waals surface area contributed by atoms with E-state index in [1.807, 2.05) is 6.92 Å². The minimum atomic E-state index is -1.07. The second kappa shape index (κ2) is 10.0. The van der Waals surface area contributed by atoms with Gasteiger partial charge in [-0.2, -0.15) is 0 Å². The molecule has 4 nitrogen and oxygen atoms in total. The summed E-state index contributed by atoms with van der Waals surface area (Å²) in [7, 11) is 0. The number of hydrogen-bond acceptors (Lipinski definition) is 2. The SMILES string of the molecule is CCCCCCCCC1(C(=O)O)CCCCC1(CCCC)C(=O)O. The maximum absolute atomic E-state index is 12.3. The van der Waals surface area contributed by atoms with E-state index < -0.39 is 22.8 Å². The number of hydrogen-bond donors (Lipinski definition) is 2. The number of rotatable bonds is 12. The van der Waals surface area contributed by atoms with E-state index in [4.69, 9.17) is 0 Å². The molecule has 0 saturated heterocycles. The van der Waals surface area contributed by atoms with Gasteiger partial charge in [0.15, 0.2) is 0 Å². The zero-order valence-corrected chi connectivity index (χ0v) is 15.6. The molecule has 2 atom stereocenters. The van der Waals surface area contributed by atoms with E-state index in [2.05, 4.69) is 6.92 Å². The minimum Gasteiger partial charge on any atom is -0.481 e. The number of unbranched alkanes of at least 4 members (excludes halogenated alkanes) is 6. The van der Waals surface area contributed by atoms with Gasteiger partial charge in [-0.3, -0.25) is 9.59 Å². The van der Waals surface area contributed by atoms with Gasteiger partial charge in [0.2, 0.25) is 0 Å². The van der Waals surface area contributed by atoms with Crippen molar-refractivity contribution < 1.29 is 19.8 Å². The molecule has 0 bridgehead atoms. The first-order chi connectivity index (χ1) is 11.5. The molecule has 0 aromatic heterocycles. The van der Waals surface area contributed by atoms with Gasteiger partial charge in [0, 0.05) is 0 Å². The van der Waals surface area contributed by atoms with Crippen molar-refractivity contribution in [1.29, 1.82) is 0 Å². The molecule has 0 amide bonds. The summed E-state index contributed by atoms with van der Waals surface area (Å²) in [5, 5.41) is 20.1. The number of carboxylic acid groups (broad SMARTS) is 2. The molecule has 2 N–H and O–H groups in total. The standard InChI is InChI=1S/C20H36O4/c1-3-5-7-8-9-10-14-20(18(23)24)16-12-11-15-19(20,17(21)22)13-6-4-2/h3-16H2,1-2H3,(H,21,22)(H,23,24). The Balaban J connectivity index is 2.91. The zero-order valence-electron chi connectivity index (χ0n) is 15.6. The predicted octanol–water partition coefficient (Wildman–Crippen LogP) is 5.64. The predicted molar refractivity (Wildman–Crippen MR) is 96.1 cm³/mol. The van der Waals surface area contributed by atoms with Crippen LogP contribution in [0.1, 0.15) is 104 Å². The van der Waals surface area contributed by atoms with Gasteiger partial charge in [0.1, 0.15) is 0 Å². The molecule has 0 heterocycles. The van der Waals surface area contributed by atoms with Crippen LogP contribution in [0.3, 0.4) is 0 Å². The molecule has 4 heteroatoms. The van der Waals surface area contributed by atoms with Crippen LogP contribution < -0.4 is 0 Å². The highest BCUT2D eigenvalue weighted by atomic mass is 16.4. The molecule has 1 saturated carbocycles. The lowest BCUT2D eigenvalue weighted by Crippen LogP contribution is -2.54. The van der Waals surface area contributed by atoms with Crippen molar-refractivity contribution in [3.63, 3.8) is 0 Å². The third-order valence-electron chi connectivity index (χ3n) is 6.11. The molecule has 0 radical (unpaired) electrons. The molecule has 0 spiro atoms. The molecule has 1 aliphatic carbocycles. The van der Waals surface area contributed by atoms with Gasteiger partial charge in [0.05, 0.1) is 10.8 Å². The average Bonchev–Trinajstić information content (AvgIpc) is 2.56. The van der Waals surface area contributed by atoms with Crippen LogP contribution in [0.5, 0.6) is 0 Å². The van der Waals surface area contributed by atoms with Crippen LogP contribution in [0, 0.1) is 10.8 Å². The minimum absolute atomic E-state index is 0.501. The smallest absolute Gasteiger partial charge is 0.310 e. The van der Waals surface area contributed by atoms with Gasteiger partial charge < -0.3 is 10.2 Å². The summed E-state index contributed by atoms with van der Waals surface area (Å²) in [6, 6.07) is 0. The molecule has 1 aliphatic rings. The second-order valence-electron chi connectivity index (χ2n) is 7.60. The largest absolute Gasteiger partial charge is 0.481 e. The zero-order chi connectivity index (χ0) is 18.1.